The highest BCUT2D eigenvalue weighted by atomic mass is 35.5. The van der Waals surface area contributed by atoms with E-state index in [1.807, 2.05) is 71.7 Å². The fraction of sp³-hybridized carbons (Fsp3) is 0.120. The lowest BCUT2D eigenvalue weighted by molar-refractivity contribution is -0.127. The molecule has 0 bridgehead atoms. The number of benzene rings is 3. The molecule has 1 spiro atoms. The first kappa shape index (κ1) is 19.5. The van der Waals surface area contributed by atoms with Gasteiger partial charge in [0, 0.05) is 17.0 Å². The number of nitrogens with one attached hydrogen (secondary N) is 1. The van der Waals surface area contributed by atoms with Crippen LogP contribution in [0.5, 0.6) is 5.75 Å². The first-order valence-corrected chi connectivity index (χ1v) is 11.5. The fourth-order valence-electron chi connectivity index (χ4n) is 4.26. The van der Waals surface area contributed by atoms with Crippen molar-refractivity contribution >= 4 is 41.1 Å². The van der Waals surface area contributed by atoms with E-state index >= 15 is 0 Å². The van der Waals surface area contributed by atoms with Crippen molar-refractivity contribution in [3.8, 4) is 5.75 Å². The van der Waals surface area contributed by atoms with E-state index in [0.29, 0.717) is 9.93 Å². The van der Waals surface area contributed by atoms with Gasteiger partial charge in [-0.2, -0.15) is 5.10 Å². The summed E-state index contributed by atoms with van der Waals surface area (Å²) in [7, 11) is 0. The molecule has 0 saturated carbocycles. The van der Waals surface area contributed by atoms with Crippen LogP contribution in [0.15, 0.2) is 88.9 Å². The number of ether oxygens (including phenoxy) is 1. The average molecular weight is 460 g/mol. The van der Waals surface area contributed by atoms with Crippen molar-refractivity contribution in [2.75, 3.05) is 0 Å². The summed E-state index contributed by atoms with van der Waals surface area (Å²) in [6, 6.07) is 25.4. The number of hydrogen-bond donors (Lipinski definition) is 1. The van der Waals surface area contributed by atoms with Crippen LogP contribution in [0.25, 0.3) is 6.08 Å². The second kappa shape index (κ2) is 7.43. The Kier molecular flexibility index (Phi) is 4.52. The van der Waals surface area contributed by atoms with Gasteiger partial charge < -0.3 is 4.74 Å². The van der Waals surface area contributed by atoms with Gasteiger partial charge in [0.05, 0.1) is 16.7 Å². The van der Waals surface area contributed by atoms with Gasteiger partial charge in [-0.3, -0.25) is 10.1 Å². The molecule has 0 radical (unpaired) electrons. The van der Waals surface area contributed by atoms with Crippen molar-refractivity contribution in [1.82, 2.24) is 10.3 Å². The minimum atomic E-state index is -1.13. The second-order valence-electron chi connectivity index (χ2n) is 7.82. The monoisotopic (exact) mass is 459 g/mol. The molecule has 3 heterocycles. The maximum atomic E-state index is 13.0. The van der Waals surface area contributed by atoms with Crippen molar-refractivity contribution in [2.45, 2.75) is 17.6 Å². The predicted octanol–water partition coefficient (Wildman–Crippen LogP) is 5.40. The zero-order valence-corrected chi connectivity index (χ0v) is 18.4. The smallest absolute Gasteiger partial charge is 0.336 e. The van der Waals surface area contributed by atoms with E-state index in [2.05, 4.69) is 23.5 Å². The van der Waals surface area contributed by atoms with Gasteiger partial charge in [0.1, 0.15) is 5.75 Å². The Labute approximate surface area is 194 Å². The van der Waals surface area contributed by atoms with Gasteiger partial charge in [0.25, 0.3) is 5.91 Å². The van der Waals surface area contributed by atoms with Crippen LogP contribution in [-0.4, -0.2) is 21.8 Å². The van der Waals surface area contributed by atoms with Crippen molar-refractivity contribution in [3.63, 3.8) is 0 Å². The normalized spacial score (nSPS) is 24.7. The van der Waals surface area contributed by atoms with E-state index < -0.39 is 5.18 Å². The quantitative estimate of drug-likeness (QED) is 0.521. The van der Waals surface area contributed by atoms with E-state index in [1.54, 1.807) is 0 Å². The van der Waals surface area contributed by atoms with Crippen molar-refractivity contribution in [3.05, 3.63) is 105 Å². The number of halogens is 1. The fourth-order valence-corrected chi connectivity index (χ4v) is 5.55. The Morgan fingerprint density at radius 2 is 1.81 bits per heavy atom. The SMILES string of the molecule is O=C1N[C@]2(Oc3ccccc3[C@H]3CC(c4ccccc4)=NN32)S/C1=C\c1ccc(Cl)cc1. The number of nitrogens with zero attached hydrogens (tertiary/aromatic N) is 2. The van der Waals surface area contributed by atoms with Crippen molar-refractivity contribution < 1.29 is 9.53 Å². The number of hydrazone groups is 1. The largest absolute Gasteiger partial charge is 0.439 e. The molecule has 3 aromatic rings. The zero-order valence-electron chi connectivity index (χ0n) is 16.9. The van der Waals surface area contributed by atoms with Gasteiger partial charge in [0.15, 0.2) is 0 Å². The molecule has 0 aromatic heterocycles. The number of carbonyl (C=O) groups is 1. The molecule has 7 heteroatoms. The van der Waals surface area contributed by atoms with Gasteiger partial charge in [-0.1, -0.05) is 72.3 Å². The Bertz CT molecular complexity index is 1280. The van der Waals surface area contributed by atoms with Crippen LogP contribution in [0, 0.1) is 0 Å². The summed E-state index contributed by atoms with van der Waals surface area (Å²) in [5.74, 6) is 0.574. The molecule has 1 amide bonds. The molecule has 6 rings (SSSR count). The van der Waals surface area contributed by atoms with Gasteiger partial charge in [-0.05, 0) is 47.2 Å². The minimum absolute atomic E-state index is 0.0298. The van der Waals surface area contributed by atoms with Gasteiger partial charge in [-0.25, -0.2) is 5.01 Å². The van der Waals surface area contributed by atoms with Gasteiger partial charge >= 0.3 is 5.18 Å². The first-order valence-electron chi connectivity index (χ1n) is 10.3. The molecule has 1 fully saturated rings. The number of rotatable bonds is 2. The molecular formula is C25H18ClN3O2S. The number of para-hydroxylation sites is 1. The lowest BCUT2D eigenvalue weighted by Gasteiger charge is -2.43. The standard InChI is InChI=1S/C25H18ClN3O2S/c26-18-12-10-16(11-13-18)14-23-24(30)27-25(32-23)29-21(19-8-4-5-9-22(19)31-25)15-20(28-29)17-6-2-1-3-7-17/h1-14,21H,15H2,(H,27,30)/b23-14-/t21-,25+/m1/s1. The van der Waals surface area contributed by atoms with Crippen LogP contribution < -0.4 is 10.1 Å². The summed E-state index contributed by atoms with van der Waals surface area (Å²) in [5, 5.41) is 9.43. The highest BCUT2D eigenvalue weighted by Gasteiger charge is 2.57. The minimum Gasteiger partial charge on any atom is -0.439 e. The van der Waals surface area contributed by atoms with Gasteiger partial charge in [0.2, 0.25) is 0 Å². The molecule has 1 N–H and O–H groups in total. The molecular weight excluding hydrogens is 442 g/mol. The maximum absolute atomic E-state index is 13.0. The molecule has 5 nitrogen and oxygen atoms in total. The molecule has 3 aliphatic rings. The van der Waals surface area contributed by atoms with E-state index in [0.717, 1.165) is 34.6 Å². The predicted molar refractivity (Wildman–Crippen MR) is 127 cm³/mol. The van der Waals surface area contributed by atoms with Crippen LogP contribution >= 0.6 is 23.4 Å². The summed E-state index contributed by atoms with van der Waals surface area (Å²) in [4.78, 5) is 13.6. The number of thioether (sulfide) groups is 1. The Morgan fingerprint density at radius 1 is 1.06 bits per heavy atom. The number of amides is 1. The van der Waals surface area contributed by atoms with Crippen molar-refractivity contribution in [2.24, 2.45) is 5.10 Å². The van der Waals surface area contributed by atoms with E-state index in [9.17, 15) is 4.79 Å². The van der Waals surface area contributed by atoms with E-state index in [4.69, 9.17) is 21.4 Å². The second-order valence-corrected chi connectivity index (χ2v) is 9.45. The zero-order chi connectivity index (χ0) is 21.7. The molecule has 2 atom stereocenters. The van der Waals surface area contributed by atoms with Gasteiger partial charge in [-0.15, -0.1) is 0 Å². The summed E-state index contributed by atoms with van der Waals surface area (Å²) < 4.78 is 6.42. The maximum Gasteiger partial charge on any atom is 0.336 e. The third kappa shape index (κ3) is 3.18. The summed E-state index contributed by atoms with van der Waals surface area (Å²) in [6.07, 6.45) is 2.58. The molecule has 0 unspecified atom stereocenters. The lowest BCUT2D eigenvalue weighted by atomic mass is 9.97. The molecule has 1 saturated heterocycles. The van der Waals surface area contributed by atoms with Crippen LogP contribution in [0.3, 0.4) is 0 Å². The number of hydrogen-bond acceptors (Lipinski definition) is 5. The highest BCUT2D eigenvalue weighted by Crippen LogP contribution is 2.53. The lowest BCUT2D eigenvalue weighted by Crippen LogP contribution is -2.58. The molecule has 158 valence electrons. The van der Waals surface area contributed by atoms with E-state index in [1.165, 1.54) is 11.8 Å². The highest BCUT2D eigenvalue weighted by molar-refractivity contribution is 8.05. The third-order valence-electron chi connectivity index (χ3n) is 5.76. The summed E-state index contributed by atoms with van der Waals surface area (Å²) >= 11 is 7.34. The molecule has 3 aliphatic heterocycles. The summed E-state index contributed by atoms with van der Waals surface area (Å²) in [5.41, 5.74) is 4.01. The Balaban J connectivity index is 1.42. The van der Waals surface area contributed by atoms with Crippen LogP contribution in [-0.2, 0) is 4.79 Å². The topological polar surface area (TPSA) is 53.9 Å². The third-order valence-corrected chi connectivity index (χ3v) is 7.18. The number of fused-ring (bicyclic) bond motifs is 4. The van der Waals surface area contributed by atoms with E-state index in [-0.39, 0.29) is 11.9 Å². The summed E-state index contributed by atoms with van der Waals surface area (Å²) in [6.45, 7) is 0. The van der Waals surface area contributed by atoms with Crippen LogP contribution in [0.1, 0.15) is 29.2 Å². The molecule has 3 aromatic carbocycles. The van der Waals surface area contributed by atoms with Crippen LogP contribution in [0.4, 0.5) is 0 Å². The Morgan fingerprint density at radius 3 is 2.62 bits per heavy atom. The number of carbonyl (C=O) groups excluding carboxylic acids is 1. The Hall–Kier alpha value is -3.22. The molecule has 32 heavy (non-hydrogen) atoms. The van der Waals surface area contributed by atoms with Crippen LogP contribution in [0.2, 0.25) is 5.02 Å². The molecule has 0 aliphatic carbocycles. The first-order chi connectivity index (χ1) is 15.6. The van der Waals surface area contributed by atoms with Crippen molar-refractivity contribution in [1.29, 1.82) is 0 Å². The average Bonchev–Trinajstić information content (AvgIpc) is 3.39.